The lowest BCUT2D eigenvalue weighted by atomic mass is 10.0. The van der Waals surface area contributed by atoms with Crippen LogP contribution < -0.4 is 9.47 Å². The van der Waals surface area contributed by atoms with Gasteiger partial charge in [0.15, 0.2) is 0 Å². The Kier molecular flexibility index (Phi) is 6.13. The van der Waals surface area contributed by atoms with Crippen LogP contribution in [0.5, 0.6) is 11.5 Å². The van der Waals surface area contributed by atoms with Gasteiger partial charge in [-0.15, -0.1) is 0 Å². The van der Waals surface area contributed by atoms with E-state index in [1.807, 2.05) is 12.1 Å². The molecule has 0 saturated heterocycles. The number of benzene rings is 5. The lowest BCUT2D eigenvalue weighted by Gasteiger charge is -2.11. The summed E-state index contributed by atoms with van der Waals surface area (Å²) in [5.74, 6) is 1.60. The van der Waals surface area contributed by atoms with E-state index < -0.39 is 0 Å². The van der Waals surface area contributed by atoms with Gasteiger partial charge in [0.05, 0.1) is 14.2 Å². The molecule has 0 N–H and O–H groups in total. The first-order chi connectivity index (χ1) is 16.7. The van der Waals surface area contributed by atoms with Crippen LogP contribution in [0.1, 0.15) is 22.3 Å². The molecule has 0 aliphatic carbocycles. The van der Waals surface area contributed by atoms with Gasteiger partial charge in [-0.05, 0) is 56.9 Å². The first-order valence-electron chi connectivity index (χ1n) is 11.3. The van der Waals surface area contributed by atoms with E-state index in [-0.39, 0.29) is 0 Å². The van der Waals surface area contributed by atoms with E-state index in [0.717, 1.165) is 33.8 Å². The number of hydrogen-bond acceptors (Lipinski definition) is 2. The van der Waals surface area contributed by atoms with E-state index in [4.69, 9.17) is 9.47 Å². The molecule has 166 valence electrons. The number of rotatable bonds is 6. The lowest BCUT2D eigenvalue weighted by molar-refractivity contribution is 0.401. The van der Waals surface area contributed by atoms with Crippen LogP contribution in [0.3, 0.4) is 0 Å². The average molecular weight is 443 g/mol. The summed E-state index contributed by atoms with van der Waals surface area (Å²) in [6.07, 6.45) is 8.35. The molecule has 0 aromatic heterocycles. The largest absolute Gasteiger partial charge is 0.496 e. The number of fused-ring (bicyclic) bond motifs is 2. The molecule has 0 radical (unpaired) electrons. The van der Waals surface area contributed by atoms with Gasteiger partial charge in [0, 0.05) is 11.1 Å². The molecule has 5 aromatic carbocycles. The molecule has 2 heteroatoms. The Morgan fingerprint density at radius 2 is 0.853 bits per heavy atom. The molecule has 0 saturated carbocycles. The van der Waals surface area contributed by atoms with Crippen LogP contribution in [0.4, 0.5) is 0 Å². The summed E-state index contributed by atoms with van der Waals surface area (Å²) in [7, 11) is 3.40. The summed E-state index contributed by atoms with van der Waals surface area (Å²) in [4.78, 5) is 0. The number of methoxy groups -OCH3 is 2. The first kappa shape index (κ1) is 21.5. The second-order valence-corrected chi connectivity index (χ2v) is 8.22. The fraction of sp³-hybridized carbons (Fsp3) is 0.0625. The summed E-state index contributed by atoms with van der Waals surface area (Å²) in [6.45, 7) is 0. The maximum Gasteiger partial charge on any atom is 0.126 e. The van der Waals surface area contributed by atoms with Crippen LogP contribution in [0, 0.1) is 0 Å². The Balaban J connectivity index is 1.45. The van der Waals surface area contributed by atoms with Crippen LogP contribution in [-0.4, -0.2) is 14.2 Å². The summed E-state index contributed by atoms with van der Waals surface area (Å²) in [5.41, 5.74) is 4.21. The van der Waals surface area contributed by atoms with Crippen molar-refractivity contribution in [2.45, 2.75) is 0 Å². The van der Waals surface area contributed by atoms with Gasteiger partial charge in [-0.3, -0.25) is 0 Å². The van der Waals surface area contributed by atoms with Crippen molar-refractivity contribution in [3.05, 3.63) is 119 Å². The predicted octanol–water partition coefficient (Wildman–Crippen LogP) is 8.35. The third-order valence-electron chi connectivity index (χ3n) is 6.04. The van der Waals surface area contributed by atoms with E-state index in [9.17, 15) is 0 Å². The molecular weight excluding hydrogens is 416 g/mol. The van der Waals surface area contributed by atoms with E-state index in [1.165, 1.54) is 21.5 Å². The van der Waals surface area contributed by atoms with Gasteiger partial charge < -0.3 is 9.47 Å². The highest BCUT2D eigenvalue weighted by Gasteiger charge is 2.08. The van der Waals surface area contributed by atoms with Gasteiger partial charge in [0.25, 0.3) is 0 Å². The van der Waals surface area contributed by atoms with Gasteiger partial charge in [-0.1, -0.05) is 97.1 Å². The molecule has 2 nitrogen and oxygen atoms in total. The minimum Gasteiger partial charge on any atom is -0.496 e. The van der Waals surface area contributed by atoms with Crippen molar-refractivity contribution < 1.29 is 9.47 Å². The SMILES string of the molecule is COc1cc(C=Cc2ccc3ccccc3c2)c(OC)cc1C=Cc1ccc2ccccc2c1. The van der Waals surface area contributed by atoms with Gasteiger partial charge in [0.2, 0.25) is 0 Å². The molecule has 5 rings (SSSR count). The summed E-state index contributed by atoms with van der Waals surface area (Å²) in [5, 5.41) is 4.93. The van der Waals surface area contributed by atoms with Gasteiger partial charge in [-0.2, -0.15) is 0 Å². The maximum absolute atomic E-state index is 5.71. The Morgan fingerprint density at radius 3 is 1.26 bits per heavy atom. The molecule has 0 heterocycles. The highest BCUT2D eigenvalue weighted by molar-refractivity contribution is 5.88. The van der Waals surface area contributed by atoms with Crippen molar-refractivity contribution in [2.24, 2.45) is 0 Å². The van der Waals surface area contributed by atoms with Gasteiger partial charge in [-0.25, -0.2) is 0 Å². The smallest absolute Gasteiger partial charge is 0.126 e. The van der Waals surface area contributed by atoms with Crippen molar-refractivity contribution in [1.82, 2.24) is 0 Å². The summed E-state index contributed by atoms with van der Waals surface area (Å²) >= 11 is 0. The van der Waals surface area contributed by atoms with Crippen LogP contribution >= 0.6 is 0 Å². The van der Waals surface area contributed by atoms with Crippen molar-refractivity contribution in [2.75, 3.05) is 14.2 Å². The molecule has 0 atom stereocenters. The molecule has 0 fully saturated rings. The molecule has 0 aliphatic heterocycles. The second-order valence-electron chi connectivity index (χ2n) is 8.22. The Bertz CT molecular complexity index is 1410. The highest BCUT2D eigenvalue weighted by atomic mass is 16.5. The van der Waals surface area contributed by atoms with Crippen molar-refractivity contribution in [3.63, 3.8) is 0 Å². The molecule has 0 aliphatic rings. The molecule has 0 spiro atoms. The van der Waals surface area contributed by atoms with Crippen LogP contribution in [0.25, 0.3) is 45.8 Å². The van der Waals surface area contributed by atoms with Crippen molar-refractivity contribution in [1.29, 1.82) is 0 Å². The van der Waals surface area contributed by atoms with Crippen LogP contribution in [-0.2, 0) is 0 Å². The van der Waals surface area contributed by atoms with Gasteiger partial charge >= 0.3 is 0 Å². The highest BCUT2D eigenvalue weighted by Crippen LogP contribution is 2.32. The molecule has 0 bridgehead atoms. The Labute approximate surface area is 200 Å². The quantitative estimate of drug-likeness (QED) is 0.246. The Hall–Kier alpha value is -4.30. The van der Waals surface area contributed by atoms with E-state index in [2.05, 4.69) is 109 Å². The fourth-order valence-electron chi connectivity index (χ4n) is 4.20. The van der Waals surface area contributed by atoms with Crippen LogP contribution in [0.2, 0.25) is 0 Å². The van der Waals surface area contributed by atoms with E-state index in [0.29, 0.717) is 0 Å². The van der Waals surface area contributed by atoms with Crippen molar-refractivity contribution >= 4 is 45.8 Å². The monoisotopic (exact) mass is 442 g/mol. The zero-order valence-electron chi connectivity index (χ0n) is 19.4. The average Bonchev–Trinajstić information content (AvgIpc) is 2.90. The van der Waals surface area contributed by atoms with Crippen LogP contribution in [0.15, 0.2) is 97.1 Å². The standard InChI is InChI=1S/C32H26O2/c1-33-31-21-30(18-14-24-12-16-26-8-4-6-10-28(26)20-24)32(34-2)22-29(31)17-13-23-11-15-25-7-3-5-9-27(25)19-23/h3-22H,1-2H3. The van der Waals surface area contributed by atoms with Gasteiger partial charge in [0.1, 0.15) is 11.5 Å². The molecule has 34 heavy (non-hydrogen) atoms. The van der Waals surface area contributed by atoms with E-state index >= 15 is 0 Å². The summed E-state index contributed by atoms with van der Waals surface area (Å²) < 4.78 is 11.4. The fourth-order valence-corrected chi connectivity index (χ4v) is 4.20. The molecular formula is C32H26O2. The third-order valence-corrected chi connectivity index (χ3v) is 6.04. The topological polar surface area (TPSA) is 18.5 Å². The zero-order valence-corrected chi connectivity index (χ0v) is 19.4. The molecule has 0 amide bonds. The first-order valence-corrected chi connectivity index (χ1v) is 11.3. The lowest BCUT2D eigenvalue weighted by Crippen LogP contribution is -1.93. The normalized spacial score (nSPS) is 11.6. The molecule has 0 unspecified atom stereocenters. The van der Waals surface area contributed by atoms with Crippen molar-refractivity contribution in [3.8, 4) is 11.5 Å². The predicted molar refractivity (Wildman–Crippen MR) is 145 cm³/mol. The maximum atomic E-state index is 5.71. The van der Waals surface area contributed by atoms with E-state index in [1.54, 1.807) is 14.2 Å². The summed E-state index contributed by atoms with van der Waals surface area (Å²) in [6, 6.07) is 33.7. The molecule has 5 aromatic rings. The third kappa shape index (κ3) is 4.57. The zero-order chi connectivity index (χ0) is 23.3. The minimum atomic E-state index is 0.802. The number of ether oxygens (including phenoxy) is 2. The second kappa shape index (κ2) is 9.68. The Morgan fingerprint density at radius 1 is 0.441 bits per heavy atom. The minimum absolute atomic E-state index is 0.802. The number of hydrogen-bond donors (Lipinski definition) is 0.